The molecular formula is C16H23N3OS. The van der Waals surface area contributed by atoms with Crippen molar-refractivity contribution < 1.29 is 4.74 Å². The van der Waals surface area contributed by atoms with Gasteiger partial charge < -0.3 is 10.1 Å². The molecule has 5 heteroatoms. The van der Waals surface area contributed by atoms with Gasteiger partial charge in [-0.3, -0.25) is 0 Å². The highest BCUT2D eigenvalue weighted by atomic mass is 32.1. The van der Waals surface area contributed by atoms with Gasteiger partial charge in [0.25, 0.3) is 5.19 Å². The molecule has 2 aromatic rings. The summed E-state index contributed by atoms with van der Waals surface area (Å²) in [5.41, 5.74) is 2.38. The zero-order chi connectivity index (χ0) is 15.5. The van der Waals surface area contributed by atoms with E-state index >= 15 is 0 Å². The van der Waals surface area contributed by atoms with E-state index in [1.807, 2.05) is 0 Å². The molecule has 0 bridgehead atoms. The van der Waals surface area contributed by atoms with Gasteiger partial charge in [-0.15, -0.1) is 5.10 Å². The third kappa shape index (κ3) is 4.25. The van der Waals surface area contributed by atoms with E-state index in [9.17, 15) is 0 Å². The first-order valence-corrected chi connectivity index (χ1v) is 8.04. The second-order valence-electron chi connectivity index (χ2n) is 6.09. The summed E-state index contributed by atoms with van der Waals surface area (Å²) in [4.78, 5) is 0. The van der Waals surface area contributed by atoms with Crippen molar-refractivity contribution >= 4 is 11.3 Å². The Bertz CT molecular complexity index is 602. The molecular weight excluding hydrogens is 282 g/mol. The van der Waals surface area contributed by atoms with Crippen LogP contribution in [0.3, 0.4) is 0 Å². The third-order valence-electron chi connectivity index (χ3n) is 3.12. The minimum atomic E-state index is 0.0281. The van der Waals surface area contributed by atoms with Crippen LogP contribution in [-0.2, 0) is 12.0 Å². The van der Waals surface area contributed by atoms with Crippen molar-refractivity contribution in [3.8, 4) is 10.9 Å². The van der Waals surface area contributed by atoms with Crippen LogP contribution in [0.25, 0.3) is 0 Å². The van der Waals surface area contributed by atoms with Gasteiger partial charge in [0, 0.05) is 12.1 Å². The summed E-state index contributed by atoms with van der Waals surface area (Å²) in [7, 11) is 0. The minimum absolute atomic E-state index is 0.0281. The van der Waals surface area contributed by atoms with Gasteiger partial charge in [-0.25, -0.2) is 0 Å². The predicted molar refractivity (Wildman–Crippen MR) is 87.2 cm³/mol. The van der Waals surface area contributed by atoms with Crippen molar-refractivity contribution in [1.82, 2.24) is 15.5 Å². The fourth-order valence-corrected chi connectivity index (χ4v) is 2.68. The summed E-state index contributed by atoms with van der Waals surface area (Å²) in [5, 5.41) is 13.0. The number of rotatable bonds is 5. The van der Waals surface area contributed by atoms with Crippen LogP contribution in [0.1, 0.15) is 43.8 Å². The average molecular weight is 305 g/mol. The van der Waals surface area contributed by atoms with Crippen LogP contribution in [0.5, 0.6) is 10.9 Å². The third-order valence-corrected chi connectivity index (χ3v) is 3.92. The van der Waals surface area contributed by atoms with Crippen molar-refractivity contribution in [2.45, 2.75) is 46.6 Å². The average Bonchev–Trinajstić information content (AvgIpc) is 2.82. The largest absolute Gasteiger partial charge is 0.429 e. The minimum Gasteiger partial charge on any atom is -0.429 e. The topological polar surface area (TPSA) is 47.0 Å². The normalized spacial score (nSPS) is 11.7. The fraction of sp³-hybridized carbons (Fsp3) is 0.500. The number of aryl methyl sites for hydroxylation is 1. The van der Waals surface area contributed by atoms with Gasteiger partial charge >= 0.3 is 0 Å². The molecule has 0 unspecified atom stereocenters. The zero-order valence-corrected chi connectivity index (χ0v) is 14.2. The maximum Gasteiger partial charge on any atom is 0.299 e. The number of aromatic nitrogens is 2. The highest BCUT2D eigenvalue weighted by Gasteiger charge is 2.20. The molecule has 0 aliphatic carbocycles. The first-order chi connectivity index (χ1) is 9.90. The van der Waals surface area contributed by atoms with Gasteiger partial charge in [0.05, 0.1) is 0 Å². The highest BCUT2D eigenvalue weighted by molar-refractivity contribution is 7.13. The Morgan fingerprint density at radius 3 is 2.67 bits per heavy atom. The number of ether oxygens (including phenoxy) is 1. The molecule has 0 radical (unpaired) electrons. The summed E-state index contributed by atoms with van der Waals surface area (Å²) in [6.07, 6.45) is 0. The van der Waals surface area contributed by atoms with Gasteiger partial charge in [-0.1, -0.05) is 56.3 Å². The van der Waals surface area contributed by atoms with Gasteiger partial charge in [0.1, 0.15) is 10.8 Å². The molecule has 1 N–H and O–H groups in total. The second-order valence-corrected chi connectivity index (χ2v) is 7.12. The molecule has 4 nitrogen and oxygen atoms in total. The van der Waals surface area contributed by atoms with E-state index in [-0.39, 0.29) is 5.41 Å². The zero-order valence-electron chi connectivity index (χ0n) is 13.4. The van der Waals surface area contributed by atoms with E-state index < -0.39 is 0 Å². The smallest absolute Gasteiger partial charge is 0.299 e. The van der Waals surface area contributed by atoms with Crippen LogP contribution in [-0.4, -0.2) is 16.7 Å². The second kappa shape index (κ2) is 6.54. The van der Waals surface area contributed by atoms with Crippen molar-refractivity contribution in [1.29, 1.82) is 0 Å². The molecule has 0 spiro atoms. The van der Waals surface area contributed by atoms with E-state index in [0.29, 0.717) is 5.19 Å². The Kier molecular flexibility index (Phi) is 4.96. The Hall–Kier alpha value is -1.46. The molecule has 0 saturated carbocycles. The number of hydrogen-bond donors (Lipinski definition) is 1. The van der Waals surface area contributed by atoms with Crippen LogP contribution in [0.15, 0.2) is 18.2 Å². The Morgan fingerprint density at radius 2 is 2.00 bits per heavy atom. The lowest BCUT2D eigenvalue weighted by Crippen LogP contribution is -2.12. The quantitative estimate of drug-likeness (QED) is 0.905. The lowest BCUT2D eigenvalue weighted by molar-refractivity contribution is 0.448. The highest BCUT2D eigenvalue weighted by Crippen LogP contribution is 2.35. The van der Waals surface area contributed by atoms with E-state index in [1.165, 1.54) is 22.5 Å². The summed E-state index contributed by atoms with van der Waals surface area (Å²) >= 11 is 1.49. The maximum atomic E-state index is 5.99. The summed E-state index contributed by atoms with van der Waals surface area (Å²) < 4.78 is 5.99. The lowest BCUT2D eigenvalue weighted by atomic mass is 9.86. The number of nitrogens with zero attached hydrogens (tertiary/aromatic N) is 2. The van der Waals surface area contributed by atoms with E-state index in [1.54, 1.807) is 0 Å². The van der Waals surface area contributed by atoms with E-state index in [0.717, 1.165) is 23.8 Å². The SMILES string of the molecule is CCNCc1nnc(Oc2cc(C)ccc2C(C)(C)C)s1. The van der Waals surface area contributed by atoms with Crippen molar-refractivity contribution in [2.24, 2.45) is 0 Å². The molecule has 0 atom stereocenters. The number of benzene rings is 1. The molecule has 2 rings (SSSR count). The van der Waals surface area contributed by atoms with Gasteiger partial charge in [0.15, 0.2) is 0 Å². The van der Waals surface area contributed by atoms with Crippen molar-refractivity contribution in [3.05, 3.63) is 34.3 Å². The molecule has 1 heterocycles. The molecule has 1 aromatic heterocycles. The standard InChI is InChI=1S/C16H23N3OS/c1-6-17-10-14-18-19-15(21-14)20-13-9-11(2)7-8-12(13)16(3,4)5/h7-9,17H,6,10H2,1-5H3. The van der Waals surface area contributed by atoms with Gasteiger partial charge in [-0.2, -0.15) is 0 Å². The molecule has 0 amide bonds. The molecule has 0 aliphatic rings. The fourth-order valence-electron chi connectivity index (χ4n) is 2.01. The molecule has 21 heavy (non-hydrogen) atoms. The maximum absolute atomic E-state index is 5.99. The first-order valence-electron chi connectivity index (χ1n) is 7.22. The summed E-state index contributed by atoms with van der Waals surface area (Å²) in [6, 6.07) is 6.31. The monoisotopic (exact) mass is 305 g/mol. The van der Waals surface area contributed by atoms with Gasteiger partial charge in [0.2, 0.25) is 0 Å². The Balaban J connectivity index is 2.22. The summed E-state index contributed by atoms with van der Waals surface area (Å²) in [5.74, 6) is 0.869. The number of hydrogen-bond acceptors (Lipinski definition) is 5. The molecule has 0 aliphatic heterocycles. The van der Waals surface area contributed by atoms with Crippen LogP contribution in [0, 0.1) is 6.92 Å². The van der Waals surface area contributed by atoms with E-state index in [2.05, 4.69) is 68.3 Å². The van der Waals surface area contributed by atoms with Crippen molar-refractivity contribution in [3.63, 3.8) is 0 Å². The van der Waals surface area contributed by atoms with Crippen LogP contribution >= 0.6 is 11.3 Å². The Morgan fingerprint density at radius 1 is 1.24 bits per heavy atom. The lowest BCUT2D eigenvalue weighted by Gasteiger charge is -2.22. The van der Waals surface area contributed by atoms with Gasteiger partial charge in [-0.05, 0) is 30.5 Å². The van der Waals surface area contributed by atoms with E-state index in [4.69, 9.17) is 4.74 Å². The molecule has 0 fully saturated rings. The van der Waals surface area contributed by atoms with Crippen LogP contribution < -0.4 is 10.1 Å². The summed E-state index contributed by atoms with van der Waals surface area (Å²) in [6.45, 7) is 12.3. The van der Waals surface area contributed by atoms with Crippen LogP contribution in [0.4, 0.5) is 0 Å². The first kappa shape index (κ1) is 15.9. The molecule has 114 valence electrons. The molecule has 0 saturated heterocycles. The predicted octanol–water partition coefficient (Wildman–Crippen LogP) is 4.05. The Labute approximate surface area is 130 Å². The molecule has 1 aromatic carbocycles. The number of nitrogens with one attached hydrogen (secondary N) is 1. The van der Waals surface area contributed by atoms with Crippen LogP contribution in [0.2, 0.25) is 0 Å². The van der Waals surface area contributed by atoms with Crippen molar-refractivity contribution in [2.75, 3.05) is 6.54 Å².